The fraction of sp³-hybridized carbons (Fsp3) is 0.800. The van der Waals surface area contributed by atoms with Crippen LogP contribution in [0, 0.1) is 0 Å². The molecule has 1 fully saturated rings. The van der Waals surface area contributed by atoms with E-state index in [4.69, 9.17) is 19.9 Å². The van der Waals surface area contributed by atoms with E-state index in [1.54, 1.807) is 0 Å². The number of aliphatic hydroxyl groups excluding tert-OH is 2. The molecule has 5 atom stereocenters. The Balaban J connectivity index is 2.75. The zero-order valence-corrected chi connectivity index (χ0v) is 10.1. The first-order valence-electron chi connectivity index (χ1n) is 5.40. The highest BCUT2D eigenvalue weighted by Crippen LogP contribution is 2.21. The van der Waals surface area contributed by atoms with E-state index in [9.17, 15) is 19.8 Å². The van der Waals surface area contributed by atoms with Gasteiger partial charge in [-0.1, -0.05) is 0 Å². The van der Waals surface area contributed by atoms with Crippen molar-refractivity contribution >= 4 is 11.9 Å². The molecule has 1 rings (SSSR count). The summed E-state index contributed by atoms with van der Waals surface area (Å²) in [6.45, 7) is 2.10. The van der Waals surface area contributed by atoms with E-state index in [1.807, 2.05) is 0 Å². The van der Waals surface area contributed by atoms with Gasteiger partial charge < -0.3 is 30.2 Å². The van der Waals surface area contributed by atoms with Crippen LogP contribution in [0.3, 0.4) is 0 Å². The lowest BCUT2D eigenvalue weighted by atomic mass is 9.97. The zero-order valence-electron chi connectivity index (χ0n) is 10.1. The summed E-state index contributed by atoms with van der Waals surface area (Å²) in [6.07, 6.45) is -4.80. The van der Waals surface area contributed by atoms with E-state index >= 15 is 0 Å². The van der Waals surface area contributed by atoms with Crippen molar-refractivity contribution in [3.63, 3.8) is 0 Å². The summed E-state index contributed by atoms with van der Waals surface area (Å²) in [5.41, 5.74) is 5.48. The molecule has 1 saturated heterocycles. The van der Waals surface area contributed by atoms with Gasteiger partial charge in [0.25, 0.3) is 0 Å². The van der Waals surface area contributed by atoms with Gasteiger partial charge in [-0.05, 0) is 0 Å². The summed E-state index contributed by atoms with van der Waals surface area (Å²) in [7, 11) is 0. The molecule has 0 aliphatic carbocycles. The van der Waals surface area contributed by atoms with Crippen molar-refractivity contribution in [2.24, 2.45) is 5.73 Å². The number of hydrogen-bond acceptors (Lipinski definition) is 8. The predicted octanol–water partition coefficient (Wildman–Crippen LogP) is -2.11. The largest absolute Gasteiger partial charge is 0.463 e. The molecule has 0 radical (unpaired) electrons. The van der Waals surface area contributed by atoms with E-state index in [2.05, 4.69) is 0 Å². The summed E-state index contributed by atoms with van der Waals surface area (Å²) in [5, 5.41) is 19.3. The molecule has 0 aromatic rings. The van der Waals surface area contributed by atoms with Gasteiger partial charge in [0.2, 0.25) is 0 Å². The molecule has 1 aliphatic rings. The molecule has 18 heavy (non-hydrogen) atoms. The van der Waals surface area contributed by atoms with Crippen LogP contribution in [-0.4, -0.2) is 59.4 Å². The van der Waals surface area contributed by atoms with Crippen molar-refractivity contribution in [2.45, 2.75) is 44.5 Å². The van der Waals surface area contributed by atoms with Crippen LogP contribution >= 0.6 is 0 Å². The molecule has 0 amide bonds. The van der Waals surface area contributed by atoms with Gasteiger partial charge in [-0.3, -0.25) is 9.59 Å². The molecule has 0 bridgehead atoms. The van der Waals surface area contributed by atoms with Crippen molar-refractivity contribution in [1.29, 1.82) is 0 Å². The zero-order chi connectivity index (χ0) is 13.9. The van der Waals surface area contributed by atoms with Gasteiger partial charge in [0.1, 0.15) is 18.8 Å². The third kappa shape index (κ3) is 3.64. The molecule has 0 spiro atoms. The third-order valence-electron chi connectivity index (χ3n) is 2.49. The normalized spacial score (nSPS) is 35.9. The minimum absolute atomic E-state index is 0.256. The van der Waals surface area contributed by atoms with Gasteiger partial charge in [-0.25, -0.2) is 0 Å². The van der Waals surface area contributed by atoms with Gasteiger partial charge in [0.05, 0.1) is 6.04 Å². The van der Waals surface area contributed by atoms with Crippen LogP contribution in [0.4, 0.5) is 0 Å². The van der Waals surface area contributed by atoms with E-state index < -0.39 is 42.6 Å². The van der Waals surface area contributed by atoms with Crippen LogP contribution in [0.15, 0.2) is 0 Å². The maximum atomic E-state index is 10.9. The first-order chi connectivity index (χ1) is 8.32. The van der Waals surface area contributed by atoms with Gasteiger partial charge in [0.15, 0.2) is 12.4 Å². The third-order valence-corrected chi connectivity index (χ3v) is 2.49. The van der Waals surface area contributed by atoms with E-state index in [0.29, 0.717) is 0 Å². The summed E-state index contributed by atoms with van der Waals surface area (Å²) >= 11 is 0. The minimum atomic E-state index is -1.42. The quantitative estimate of drug-likeness (QED) is 0.493. The molecular formula is C10H17NO7. The lowest BCUT2D eigenvalue weighted by molar-refractivity contribution is -0.256. The number of hydrogen-bond donors (Lipinski definition) is 3. The smallest absolute Gasteiger partial charge is 0.303 e. The Morgan fingerprint density at radius 2 is 1.89 bits per heavy atom. The van der Waals surface area contributed by atoms with Gasteiger partial charge >= 0.3 is 11.9 Å². The number of rotatable bonds is 3. The highest BCUT2D eigenvalue weighted by molar-refractivity contribution is 5.66. The molecular weight excluding hydrogens is 246 g/mol. The number of ether oxygens (including phenoxy) is 3. The number of carbonyl (C=O) groups is 2. The maximum Gasteiger partial charge on any atom is 0.303 e. The second kappa shape index (κ2) is 6.10. The van der Waals surface area contributed by atoms with E-state index in [1.165, 1.54) is 6.92 Å². The number of esters is 2. The van der Waals surface area contributed by atoms with Crippen molar-refractivity contribution in [3.8, 4) is 0 Å². The Hall–Kier alpha value is -1.22. The standard InChI is InChI=1S/C10H17NO7/c1-4(12)16-3-6-9(17-5(2)13)8(14)7(11)10(15)18-6/h6-10,14-15H,3,11H2,1-2H3/t6-,7-,8-,9-,10?/m1/s1. The highest BCUT2D eigenvalue weighted by Gasteiger charge is 2.45. The van der Waals surface area contributed by atoms with Crippen LogP contribution in [-0.2, 0) is 23.8 Å². The first-order valence-corrected chi connectivity index (χ1v) is 5.40. The van der Waals surface area contributed by atoms with E-state index in [-0.39, 0.29) is 6.61 Å². The first kappa shape index (κ1) is 14.8. The number of aliphatic hydroxyl groups is 2. The number of carbonyl (C=O) groups excluding carboxylic acids is 2. The molecule has 1 heterocycles. The second-order valence-corrected chi connectivity index (χ2v) is 4.01. The molecule has 0 aromatic carbocycles. The summed E-state index contributed by atoms with van der Waals surface area (Å²) in [4.78, 5) is 21.6. The topological polar surface area (TPSA) is 128 Å². The van der Waals surface area contributed by atoms with Gasteiger partial charge in [-0.15, -0.1) is 0 Å². The average molecular weight is 263 g/mol. The molecule has 104 valence electrons. The van der Waals surface area contributed by atoms with Crippen molar-refractivity contribution in [1.82, 2.24) is 0 Å². The summed E-state index contributed by atoms with van der Waals surface area (Å²) in [5.74, 6) is -1.20. The molecule has 0 aromatic heterocycles. The fourth-order valence-electron chi connectivity index (χ4n) is 1.63. The molecule has 4 N–H and O–H groups in total. The Labute approximate surface area is 104 Å². The Morgan fingerprint density at radius 3 is 2.39 bits per heavy atom. The summed E-state index contributed by atoms with van der Waals surface area (Å²) < 4.78 is 14.6. The lowest BCUT2D eigenvalue weighted by Crippen LogP contribution is -2.63. The van der Waals surface area contributed by atoms with Crippen LogP contribution < -0.4 is 5.73 Å². The fourth-order valence-corrected chi connectivity index (χ4v) is 1.63. The van der Waals surface area contributed by atoms with Crippen molar-refractivity contribution < 1.29 is 34.0 Å². The average Bonchev–Trinajstić information content (AvgIpc) is 2.27. The Kier molecular flexibility index (Phi) is 5.03. The van der Waals surface area contributed by atoms with Crippen LogP contribution in [0.5, 0.6) is 0 Å². The second-order valence-electron chi connectivity index (χ2n) is 4.01. The highest BCUT2D eigenvalue weighted by atomic mass is 16.7. The SMILES string of the molecule is CC(=O)OC[C@H]1OC(O)[C@H](N)[C@@H](O)[C@@H]1OC(C)=O. The minimum Gasteiger partial charge on any atom is -0.463 e. The molecule has 8 heteroatoms. The molecule has 1 aliphatic heterocycles. The van der Waals surface area contributed by atoms with Crippen molar-refractivity contribution in [2.75, 3.05) is 6.61 Å². The van der Waals surface area contributed by atoms with E-state index in [0.717, 1.165) is 6.92 Å². The van der Waals surface area contributed by atoms with Gasteiger partial charge in [0, 0.05) is 13.8 Å². The van der Waals surface area contributed by atoms with Crippen LogP contribution in [0.2, 0.25) is 0 Å². The number of nitrogens with two attached hydrogens (primary N) is 1. The lowest BCUT2D eigenvalue weighted by Gasteiger charge is -2.40. The van der Waals surface area contributed by atoms with Crippen LogP contribution in [0.25, 0.3) is 0 Å². The van der Waals surface area contributed by atoms with Gasteiger partial charge in [-0.2, -0.15) is 0 Å². The maximum absolute atomic E-state index is 10.9. The van der Waals surface area contributed by atoms with Crippen molar-refractivity contribution in [3.05, 3.63) is 0 Å². The predicted molar refractivity (Wildman–Crippen MR) is 57.0 cm³/mol. The Morgan fingerprint density at radius 1 is 1.28 bits per heavy atom. The Bertz CT molecular complexity index is 321. The van der Waals surface area contributed by atoms with Crippen LogP contribution in [0.1, 0.15) is 13.8 Å². The molecule has 0 saturated carbocycles. The molecule has 8 nitrogen and oxygen atoms in total. The molecule has 1 unspecified atom stereocenters. The summed E-state index contributed by atoms with van der Waals surface area (Å²) in [6, 6.07) is -1.11. The monoisotopic (exact) mass is 263 g/mol.